The highest BCUT2D eigenvalue weighted by molar-refractivity contribution is 5.77. The summed E-state index contributed by atoms with van der Waals surface area (Å²) in [7, 11) is 1.65. The standard InChI is InChI=1S/C16H24N2O2/c1-3-13(17)10-16(19)18(14-6-7-14)11-12-4-8-15(20-2)9-5-12/h4-5,8-9,13-14H,3,6-7,10-11,17H2,1-2H3. The third-order valence-electron chi connectivity index (χ3n) is 3.78. The van der Waals surface area contributed by atoms with Gasteiger partial charge in [-0.05, 0) is 37.0 Å². The molecule has 0 spiro atoms. The Morgan fingerprint density at radius 1 is 1.40 bits per heavy atom. The number of rotatable bonds is 7. The number of benzene rings is 1. The zero-order valence-corrected chi connectivity index (χ0v) is 12.3. The van der Waals surface area contributed by atoms with Gasteiger partial charge in [0.25, 0.3) is 0 Å². The molecule has 4 nitrogen and oxygen atoms in total. The lowest BCUT2D eigenvalue weighted by atomic mass is 10.1. The molecule has 1 saturated carbocycles. The zero-order valence-electron chi connectivity index (χ0n) is 12.3. The molecule has 1 aromatic carbocycles. The van der Waals surface area contributed by atoms with Gasteiger partial charge in [0.05, 0.1) is 7.11 Å². The number of amides is 1. The van der Waals surface area contributed by atoms with Crippen molar-refractivity contribution in [2.45, 2.75) is 51.2 Å². The van der Waals surface area contributed by atoms with Crippen LogP contribution in [0.1, 0.15) is 38.2 Å². The van der Waals surface area contributed by atoms with E-state index in [1.807, 2.05) is 36.1 Å². The van der Waals surface area contributed by atoms with Gasteiger partial charge in [-0.3, -0.25) is 4.79 Å². The molecule has 1 unspecified atom stereocenters. The molecule has 0 aromatic heterocycles. The predicted molar refractivity (Wildman–Crippen MR) is 79.4 cm³/mol. The molecular formula is C16H24N2O2. The largest absolute Gasteiger partial charge is 0.497 e. The van der Waals surface area contributed by atoms with Crippen molar-refractivity contribution in [1.29, 1.82) is 0 Å². The predicted octanol–water partition coefficient (Wildman–Crippen LogP) is 2.31. The van der Waals surface area contributed by atoms with E-state index >= 15 is 0 Å². The van der Waals surface area contributed by atoms with Crippen LogP contribution in [0, 0.1) is 0 Å². The highest BCUT2D eigenvalue weighted by Gasteiger charge is 2.32. The number of nitrogens with two attached hydrogens (primary N) is 1. The Labute approximate surface area is 120 Å². The summed E-state index contributed by atoms with van der Waals surface area (Å²) in [6, 6.07) is 8.28. The van der Waals surface area contributed by atoms with Crippen LogP contribution in [-0.4, -0.2) is 30.0 Å². The quantitative estimate of drug-likeness (QED) is 0.831. The van der Waals surface area contributed by atoms with E-state index in [0.29, 0.717) is 19.0 Å². The van der Waals surface area contributed by atoms with Gasteiger partial charge in [-0.2, -0.15) is 0 Å². The molecule has 20 heavy (non-hydrogen) atoms. The summed E-state index contributed by atoms with van der Waals surface area (Å²) >= 11 is 0. The lowest BCUT2D eigenvalue weighted by Crippen LogP contribution is -2.36. The Balaban J connectivity index is 1.99. The maximum Gasteiger partial charge on any atom is 0.224 e. The molecule has 1 aromatic rings. The zero-order chi connectivity index (χ0) is 14.5. The Morgan fingerprint density at radius 2 is 2.05 bits per heavy atom. The second kappa shape index (κ2) is 6.75. The molecule has 1 aliphatic rings. The van der Waals surface area contributed by atoms with E-state index in [4.69, 9.17) is 10.5 Å². The van der Waals surface area contributed by atoms with Gasteiger partial charge >= 0.3 is 0 Å². The van der Waals surface area contributed by atoms with Crippen molar-refractivity contribution in [3.63, 3.8) is 0 Å². The molecule has 2 N–H and O–H groups in total. The Hall–Kier alpha value is -1.55. The van der Waals surface area contributed by atoms with E-state index < -0.39 is 0 Å². The number of hydrogen-bond donors (Lipinski definition) is 1. The van der Waals surface area contributed by atoms with Crippen molar-refractivity contribution in [3.05, 3.63) is 29.8 Å². The number of methoxy groups -OCH3 is 1. The molecule has 0 heterocycles. The minimum atomic E-state index is -0.0281. The van der Waals surface area contributed by atoms with Crippen LogP contribution < -0.4 is 10.5 Å². The van der Waals surface area contributed by atoms with Gasteiger partial charge in [0.2, 0.25) is 5.91 Å². The molecule has 1 atom stereocenters. The summed E-state index contributed by atoms with van der Waals surface area (Å²) in [5, 5.41) is 0. The minimum Gasteiger partial charge on any atom is -0.497 e. The van der Waals surface area contributed by atoms with Gasteiger partial charge in [0, 0.05) is 25.0 Å². The van der Waals surface area contributed by atoms with E-state index in [1.165, 1.54) is 0 Å². The van der Waals surface area contributed by atoms with Crippen molar-refractivity contribution in [3.8, 4) is 5.75 Å². The maximum atomic E-state index is 12.3. The summed E-state index contributed by atoms with van der Waals surface area (Å²) in [5.74, 6) is 1.02. The van der Waals surface area contributed by atoms with E-state index in [9.17, 15) is 4.79 Å². The first-order valence-corrected chi connectivity index (χ1v) is 7.32. The fourth-order valence-corrected chi connectivity index (χ4v) is 2.22. The van der Waals surface area contributed by atoms with E-state index in [-0.39, 0.29) is 11.9 Å². The van der Waals surface area contributed by atoms with Crippen LogP contribution >= 0.6 is 0 Å². The molecule has 110 valence electrons. The van der Waals surface area contributed by atoms with Gasteiger partial charge in [-0.15, -0.1) is 0 Å². The SMILES string of the molecule is CCC(N)CC(=O)N(Cc1ccc(OC)cc1)C1CC1. The van der Waals surface area contributed by atoms with Gasteiger partial charge in [-0.25, -0.2) is 0 Å². The van der Waals surface area contributed by atoms with Crippen molar-refractivity contribution in [2.75, 3.05) is 7.11 Å². The fraction of sp³-hybridized carbons (Fsp3) is 0.562. The molecule has 0 saturated heterocycles. The van der Waals surface area contributed by atoms with Crippen LogP contribution in [0.5, 0.6) is 5.75 Å². The number of ether oxygens (including phenoxy) is 1. The molecular weight excluding hydrogens is 252 g/mol. The molecule has 0 aliphatic heterocycles. The minimum absolute atomic E-state index is 0.0281. The number of hydrogen-bond acceptors (Lipinski definition) is 3. The Bertz CT molecular complexity index is 440. The summed E-state index contributed by atoms with van der Waals surface area (Å²) in [4.78, 5) is 14.3. The summed E-state index contributed by atoms with van der Waals surface area (Å²) in [5.41, 5.74) is 7.03. The Morgan fingerprint density at radius 3 is 2.55 bits per heavy atom. The van der Waals surface area contributed by atoms with Gasteiger partial charge in [0.15, 0.2) is 0 Å². The lowest BCUT2D eigenvalue weighted by molar-refractivity contribution is -0.132. The second-order valence-electron chi connectivity index (χ2n) is 5.47. The molecule has 1 amide bonds. The highest BCUT2D eigenvalue weighted by Crippen LogP contribution is 2.29. The smallest absolute Gasteiger partial charge is 0.224 e. The van der Waals surface area contributed by atoms with E-state index in [2.05, 4.69) is 0 Å². The molecule has 2 rings (SSSR count). The van der Waals surface area contributed by atoms with Crippen LogP contribution in [0.4, 0.5) is 0 Å². The molecule has 4 heteroatoms. The fourth-order valence-electron chi connectivity index (χ4n) is 2.22. The van der Waals surface area contributed by atoms with E-state index in [0.717, 1.165) is 30.6 Å². The van der Waals surface area contributed by atoms with Crippen molar-refractivity contribution in [2.24, 2.45) is 5.73 Å². The number of carbonyl (C=O) groups is 1. The van der Waals surface area contributed by atoms with Crippen molar-refractivity contribution < 1.29 is 9.53 Å². The van der Waals surface area contributed by atoms with Gasteiger partial charge < -0.3 is 15.4 Å². The molecule has 1 aliphatic carbocycles. The van der Waals surface area contributed by atoms with Crippen LogP contribution in [-0.2, 0) is 11.3 Å². The number of nitrogens with zero attached hydrogens (tertiary/aromatic N) is 1. The van der Waals surface area contributed by atoms with Crippen molar-refractivity contribution in [1.82, 2.24) is 4.90 Å². The second-order valence-corrected chi connectivity index (χ2v) is 5.47. The molecule has 0 bridgehead atoms. The van der Waals surface area contributed by atoms with Crippen LogP contribution in [0.25, 0.3) is 0 Å². The summed E-state index contributed by atoms with van der Waals surface area (Å²) < 4.78 is 5.15. The maximum absolute atomic E-state index is 12.3. The normalized spacial score (nSPS) is 15.8. The average Bonchev–Trinajstić information content (AvgIpc) is 3.29. The summed E-state index contributed by atoms with van der Waals surface area (Å²) in [6.07, 6.45) is 3.52. The van der Waals surface area contributed by atoms with Crippen molar-refractivity contribution >= 4 is 5.91 Å². The molecule has 0 radical (unpaired) electrons. The van der Waals surface area contributed by atoms with E-state index in [1.54, 1.807) is 7.11 Å². The molecule has 1 fully saturated rings. The first-order chi connectivity index (χ1) is 9.63. The topological polar surface area (TPSA) is 55.6 Å². The lowest BCUT2D eigenvalue weighted by Gasteiger charge is -2.24. The van der Waals surface area contributed by atoms with Gasteiger partial charge in [-0.1, -0.05) is 19.1 Å². The first kappa shape index (κ1) is 14.9. The van der Waals surface area contributed by atoms with Crippen LogP contribution in [0.3, 0.4) is 0 Å². The Kier molecular flexibility index (Phi) is 5.01. The van der Waals surface area contributed by atoms with Gasteiger partial charge in [0.1, 0.15) is 5.75 Å². The number of carbonyl (C=O) groups excluding carboxylic acids is 1. The third kappa shape index (κ3) is 3.97. The monoisotopic (exact) mass is 276 g/mol. The van der Waals surface area contributed by atoms with Crippen LogP contribution in [0.15, 0.2) is 24.3 Å². The summed E-state index contributed by atoms with van der Waals surface area (Å²) in [6.45, 7) is 2.69. The third-order valence-corrected chi connectivity index (χ3v) is 3.78. The average molecular weight is 276 g/mol. The first-order valence-electron chi connectivity index (χ1n) is 7.32. The highest BCUT2D eigenvalue weighted by atomic mass is 16.5. The van der Waals surface area contributed by atoms with Crippen LogP contribution in [0.2, 0.25) is 0 Å².